The van der Waals surface area contributed by atoms with E-state index in [0.717, 1.165) is 18.7 Å². The lowest BCUT2D eigenvalue weighted by molar-refractivity contribution is 0.448. The van der Waals surface area contributed by atoms with E-state index in [1.807, 2.05) is 23.9 Å². The Morgan fingerprint density at radius 3 is 2.91 bits per heavy atom. The van der Waals surface area contributed by atoms with Crippen molar-refractivity contribution >= 4 is 0 Å². The number of hydrogen-bond donors (Lipinski definition) is 1. The number of benzene rings is 1. The molecule has 0 aliphatic carbocycles. The van der Waals surface area contributed by atoms with Crippen LogP contribution in [0.25, 0.3) is 11.5 Å². The molecule has 120 valence electrons. The van der Waals surface area contributed by atoms with Gasteiger partial charge in [0.15, 0.2) is 11.6 Å². The van der Waals surface area contributed by atoms with Crippen LogP contribution in [0.15, 0.2) is 47.3 Å². The Morgan fingerprint density at radius 1 is 1.30 bits per heavy atom. The zero-order valence-corrected chi connectivity index (χ0v) is 12.5. The normalized spacial score (nSPS) is 12.5. The summed E-state index contributed by atoms with van der Waals surface area (Å²) >= 11 is 0. The lowest BCUT2D eigenvalue weighted by Crippen LogP contribution is -2.30. The van der Waals surface area contributed by atoms with Crippen LogP contribution in [0.2, 0.25) is 0 Å². The topological polar surface area (TPSA) is 55.9 Å². The summed E-state index contributed by atoms with van der Waals surface area (Å²) in [6, 6.07) is 5.62. The minimum Gasteiger partial charge on any atom is -0.444 e. The predicted octanol–water partition coefficient (Wildman–Crippen LogP) is 2.99. The number of hydrogen-bond acceptors (Lipinski definition) is 4. The molecule has 0 fully saturated rings. The van der Waals surface area contributed by atoms with Gasteiger partial charge in [-0.25, -0.2) is 13.8 Å². The number of nitrogens with one attached hydrogen (secondary N) is 1. The number of aromatic nitrogens is 3. The van der Waals surface area contributed by atoms with Crippen LogP contribution >= 0.6 is 0 Å². The van der Waals surface area contributed by atoms with E-state index < -0.39 is 11.6 Å². The third kappa shape index (κ3) is 3.81. The van der Waals surface area contributed by atoms with Crippen LogP contribution in [0, 0.1) is 11.6 Å². The van der Waals surface area contributed by atoms with Crippen molar-refractivity contribution in [3.05, 3.63) is 60.3 Å². The van der Waals surface area contributed by atoms with Gasteiger partial charge < -0.3 is 9.73 Å². The molecule has 5 nitrogen and oxygen atoms in total. The predicted molar refractivity (Wildman–Crippen MR) is 80.4 cm³/mol. The van der Waals surface area contributed by atoms with E-state index in [0.29, 0.717) is 17.8 Å². The Kier molecular flexibility index (Phi) is 4.47. The molecule has 7 heteroatoms. The molecule has 3 aromatic rings. The van der Waals surface area contributed by atoms with Gasteiger partial charge in [-0.05, 0) is 31.2 Å². The van der Waals surface area contributed by atoms with Crippen LogP contribution < -0.4 is 5.32 Å². The second-order valence-electron chi connectivity index (χ2n) is 5.28. The van der Waals surface area contributed by atoms with E-state index >= 15 is 0 Å². The zero-order chi connectivity index (χ0) is 16.2. The fraction of sp³-hybridized carbons (Fsp3) is 0.250. The molecular weight excluding hydrogens is 302 g/mol. The number of rotatable bonds is 6. The van der Waals surface area contributed by atoms with Crippen LogP contribution in [0.5, 0.6) is 0 Å². The Hall–Kier alpha value is -2.54. The van der Waals surface area contributed by atoms with Gasteiger partial charge >= 0.3 is 0 Å². The molecule has 0 bridgehead atoms. The van der Waals surface area contributed by atoms with Gasteiger partial charge in [0, 0.05) is 30.5 Å². The van der Waals surface area contributed by atoms with E-state index in [1.54, 1.807) is 6.20 Å². The Morgan fingerprint density at radius 2 is 2.17 bits per heavy atom. The van der Waals surface area contributed by atoms with Crippen LogP contribution in [-0.4, -0.2) is 20.8 Å². The first-order valence-corrected chi connectivity index (χ1v) is 7.22. The number of oxazole rings is 1. The molecule has 3 rings (SSSR count). The Labute approximate surface area is 132 Å². The van der Waals surface area contributed by atoms with Gasteiger partial charge in [-0.1, -0.05) is 0 Å². The van der Waals surface area contributed by atoms with Crippen molar-refractivity contribution in [3.8, 4) is 11.5 Å². The molecule has 1 aromatic carbocycles. The molecule has 0 amide bonds. The smallest absolute Gasteiger partial charge is 0.226 e. The second kappa shape index (κ2) is 6.70. The van der Waals surface area contributed by atoms with E-state index in [-0.39, 0.29) is 11.9 Å². The Bertz CT molecular complexity index is 770. The van der Waals surface area contributed by atoms with Gasteiger partial charge in [-0.15, -0.1) is 0 Å². The van der Waals surface area contributed by atoms with Crippen molar-refractivity contribution in [2.24, 2.45) is 0 Å². The van der Waals surface area contributed by atoms with Crippen molar-refractivity contribution in [3.63, 3.8) is 0 Å². The summed E-state index contributed by atoms with van der Waals surface area (Å²) in [5.74, 6) is -1.55. The van der Waals surface area contributed by atoms with E-state index in [2.05, 4.69) is 15.4 Å². The SMILES string of the molecule is CC(Cn1cccn1)NCc1coc(-c2ccc(F)c(F)c2)n1. The molecule has 1 atom stereocenters. The van der Waals surface area contributed by atoms with Crippen molar-refractivity contribution in [2.45, 2.75) is 26.1 Å². The summed E-state index contributed by atoms with van der Waals surface area (Å²) < 4.78 is 33.3. The summed E-state index contributed by atoms with van der Waals surface area (Å²) in [6.07, 6.45) is 5.14. The third-order valence-electron chi connectivity index (χ3n) is 3.37. The van der Waals surface area contributed by atoms with Crippen molar-refractivity contribution in [1.29, 1.82) is 0 Å². The van der Waals surface area contributed by atoms with Crippen LogP contribution in [0.1, 0.15) is 12.6 Å². The van der Waals surface area contributed by atoms with Gasteiger partial charge in [-0.2, -0.15) is 5.10 Å². The first-order chi connectivity index (χ1) is 11.1. The van der Waals surface area contributed by atoms with Crippen molar-refractivity contribution in [1.82, 2.24) is 20.1 Å². The standard InChI is InChI=1S/C16H16F2N4O/c1-11(9-22-6-2-5-20-22)19-8-13-10-23-16(21-13)12-3-4-14(17)15(18)7-12/h2-7,10-11,19H,8-9H2,1H3. The largest absolute Gasteiger partial charge is 0.444 e. The van der Waals surface area contributed by atoms with Gasteiger partial charge in [-0.3, -0.25) is 4.68 Å². The minimum absolute atomic E-state index is 0.193. The first kappa shape index (κ1) is 15.4. The average Bonchev–Trinajstić information content (AvgIpc) is 3.19. The van der Waals surface area contributed by atoms with E-state index in [9.17, 15) is 8.78 Å². The summed E-state index contributed by atoms with van der Waals surface area (Å²) in [7, 11) is 0. The summed E-state index contributed by atoms with van der Waals surface area (Å²) in [4.78, 5) is 4.28. The molecule has 0 spiro atoms. The second-order valence-corrected chi connectivity index (χ2v) is 5.28. The van der Waals surface area contributed by atoms with Crippen molar-refractivity contribution in [2.75, 3.05) is 0 Å². The molecule has 23 heavy (non-hydrogen) atoms. The lowest BCUT2D eigenvalue weighted by Gasteiger charge is -2.12. The number of nitrogens with zero attached hydrogens (tertiary/aromatic N) is 3. The quantitative estimate of drug-likeness (QED) is 0.759. The number of halogens is 2. The molecular formula is C16H16F2N4O. The highest BCUT2D eigenvalue weighted by Gasteiger charge is 2.11. The minimum atomic E-state index is -0.923. The van der Waals surface area contributed by atoms with Gasteiger partial charge in [0.1, 0.15) is 6.26 Å². The highest BCUT2D eigenvalue weighted by atomic mass is 19.2. The first-order valence-electron chi connectivity index (χ1n) is 7.22. The maximum atomic E-state index is 13.2. The maximum absolute atomic E-state index is 13.2. The average molecular weight is 318 g/mol. The van der Waals surface area contributed by atoms with Crippen LogP contribution in [0.3, 0.4) is 0 Å². The van der Waals surface area contributed by atoms with Gasteiger partial charge in [0.05, 0.1) is 12.2 Å². The molecule has 0 aliphatic heterocycles. The maximum Gasteiger partial charge on any atom is 0.226 e. The highest BCUT2D eigenvalue weighted by molar-refractivity contribution is 5.53. The molecule has 0 saturated heterocycles. The summed E-state index contributed by atoms with van der Waals surface area (Å²) in [5.41, 5.74) is 1.09. The molecule has 0 saturated carbocycles. The summed E-state index contributed by atoms with van der Waals surface area (Å²) in [5, 5.41) is 7.45. The van der Waals surface area contributed by atoms with Gasteiger partial charge in [0.2, 0.25) is 5.89 Å². The molecule has 2 aromatic heterocycles. The summed E-state index contributed by atoms with van der Waals surface area (Å²) in [6.45, 7) is 3.29. The fourth-order valence-corrected chi connectivity index (χ4v) is 2.18. The van der Waals surface area contributed by atoms with Crippen LogP contribution in [0.4, 0.5) is 8.78 Å². The third-order valence-corrected chi connectivity index (χ3v) is 3.37. The fourth-order valence-electron chi connectivity index (χ4n) is 2.18. The monoisotopic (exact) mass is 318 g/mol. The molecule has 1 unspecified atom stereocenters. The van der Waals surface area contributed by atoms with Crippen molar-refractivity contribution < 1.29 is 13.2 Å². The van der Waals surface area contributed by atoms with Crippen LogP contribution in [-0.2, 0) is 13.1 Å². The molecule has 0 radical (unpaired) electrons. The highest BCUT2D eigenvalue weighted by Crippen LogP contribution is 2.20. The molecule has 2 heterocycles. The van der Waals surface area contributed by atoms with Gasteiger partial charge in [0.25, 0.3) is 0 Å². The zero-order valence-electron chi connectivity index (χ0n) is 12.5. The lowest BCUT2D eigenvalue weighted by atomic mass is 10.2. The molecule has 1 N–H and O–H groups in total. The van der Waals surface area contributed by atoms with E-state index in [4.69, 9.17) is 4.42 Å². The molecule has 0 aliphatic rings. The Balaban J connectivity index is 1.59. The van der Waals surface area contributed by atoms with E-state index in [1.165, 1.54) is 12.3 Å².